The van der Waals surface area contributed by atoms with E-state index >= 15 is 0 Å². The summed E-state index contributed by atoms with van der Waals surface area (Å²) >= 11 is 2.64. The Bertz CT molecular complexity index is 885. The SMILES string of the molecule is CCCSc1nc(O)c([N+](=O)[O-])c(=O)[nH]1.CCCSc1nc(O)cc(=O)[nH]1. The van der Waals surface area contributed by atoms with Crippen molar-refractivity contribution in [2.24, 2.45) is 0 Å². The zero-order valence-corrected chi connectivity index (χ0v) is 16.2. The fraction of sp³-hybridized carbons (Fsp3) is 0.429. The van der Waals surface area contributed by atoms with Crippen molar-refractivity contribution in [1.82, 2.24) is 19.9 Å². The van der Waals surface area contributed by atoms with Gasteiger partial charge in [-0.3, -0.25) is 24.7 Å². The van der Waals surface area contributed by atoms with Gasteiger partial charge in [-0.15, -0.1) is 0 Å². The first-order valence-electron chi connectivity index (χ1n) is 7.82. The van der Waals surface area contributed by atoms with Gasteiger partial charge in [0, 0.05) is 11.5 Å². The second-order valence-electron chi connectivity index (χ2n) is 4.91. The highest BCUT2D eigenvalue weighted by atomic mass is 32.2. The lowest BCUT2D eigenvalue weighted by Gasteiger charge is -1.99. The zero-order chi connectivity index (χ0) is 20.4. The molecule has 0 fully saturated rings. The highest BCUT2D eigenvalue weighted by Crippen LogP contribution is 2.21. The van der Waals surface area contributed by atoms with Crippen molar-refractivity contribution < 1.29 is 15.1 Å². The third kappa shape index (κ3) is 7.70. The van der Waals surface area contributed by atoms with Crippen LogP contribution in [0.1, 0.15) is 26.7 Å². The maximum atomic E-state index is 11.2. The number of aromatic amines is 2. The molecule has 0 saturated heterocycles. The molecule has 4 N–H and O–H groups in total. The minimum Gasteiger partial charge on any atom is -0.493 e. The molecule has 13 heteroatoms. The molecule has 27 heavy (non-hydrogen) atoms. The molecule has 2 aromatic rings. The van der Waals surface area contributed by atoms with E-state index in [1.54, 1.807) is 0 Å². The molecule has 0 aromatic carbocycles. The quantitative estimate of drug-likeness (QED) is 0.225. The first-order valence-corrected chi connectivity index (χ1v) is 9.79. The Morgan fingerprint density at radius 3 is 2.07 bits per heavy atom. The molecule has 0 spiro atoms. The number of H-pyrrole nitrogens is 2. The van der Waals surface area contributed by atoms with Crippen LogP contribution in [0.2, 0.25) is 0 Å². The van der Waals surface area contributed by atoms with Crippen LogP contribution in [0.15, 0.2) is 26.0 Å². The van der Waals surface area contributed by atoms with Crippen molar-refractivity contribution in [3.63, 3.8) is 0 Å². The highest BCUT2D eigenvalue weighted by molar-refractivity contribution is 7.99. The van der Waals surface area contributed by atoms with E-state index in [1.807, 2.05) is 13.8 Å². The molecule has 0 saturated carbocycles. The van der Waals surface area contributed by atoms with E-state index in [4.69, 9.17) is 10.2 Å². The van der Waals surface area contributed by atoms with Gasteiger partial charge in [-0.1, -0.05) is 37.4 Å². The molecular formula is C14H19N5O6S2. The molecule has 0 unspecified atom stereocenters. The number of nitrogens with zero attached hydrogens (tertiary/aromatic N) is 3. The predicted octanol–water partition coefficient (Wildman–Crippen LogP) is 1.86. The van der Waals surface area contributed by atoms with Crippen molar-refractivity contribution >= 4 is 29.2 Å². The molecule has 0 aliphatic rings. The lowest BCUT2D eigenvalue weighted by molar-refractivity contribution is -0.387. The molecule has 0 amide bonds. The topological polar surface area (TPSA) is 175 Å². The van der Waals surface area contributed by atoms with Crippen molar-refractivity contribution in [1.29, 1.82) is 0 Å². The van der Waals surface area contributed by atoms with Crippen LogP contribution in [-0.4, -0.2) is 46.6 Å². The van der Waals surface area contributed by atoms with Gasteiger partial charge in [0.2, 0.25) is 5.88 Å². The molecule has 2 rings (SSSR count). The van der Waals surface area contributed by atoms with E-state index < -0.39 is 22.0 Å². The first kappa shape index (κ1) is 22.5. The largest absolute Gasteiger partial charge is 0.493 e. The summed E-state index contributed by atoms with van der Waals surface area (Å²) in [6.07, 6.45) is 1.87. The Hall–Kier alpha value is -2.54. The summed E-state index contributed by atoms with van der Waals surface area (Å²) in [6, 6.07) is 1.05. The third-order valence-corrected chi connectivity index (χ3v) is 4.79. The first-order chi connectivity index (χ1) is 12.8. The zero-order valence-electron chi connectivity index (χ0n) is 14.6. The van der Waals surface area contributed by atoms with Crippen LogP contribution in [0, 0.1) is 10.1 Å². The maximum Gasteiger partial charge on any atom is 0.395 e. The summed E-state index contributed by atoms with van der Waals surface area (Å²) < 4.78 is 0. The van der Waals surface area contributed by atoms with Gasteiger partial charge in [-0.2, -0.15) is 9.97 Å². The summed E-state index contributed by atoms with van der Waals surface area (Å²) in [7, 11) is 0. The van der Waals surface area contributed by atoms with Crippen LogP contribution in [0.5, 0.6) is 11.8 Å². The van der Waals surface area contributed by atoms with Crippen molar-refractivity contribution in [3.8, 4) is 11.8 Å². The number of aromatic nitrogens is 4. The molecular weight excluding hydrogens is 398 g/mol. The van der Waals surface area contributed by atoms with Gasteiger partial charge in [0.15, 0.2) is 10.3 Å². The summed E-state index contributed by atoms with van der Waals surface area (Å²) in [5, 5.41) is 29.1. The molecule has 0 aliphatic heterocycles. The van der Waals surface area contributed by atoms with Gasteiger partial charge >= 0.3 is 11.2 Å². The average Bonchev–Trinajstić information content (AvgIpc) is 2.57. The van der Waals surface area contributed by atoms with Crippen LogP contribution in [0.4, 0.5) is 5.69 Å². The Morgan fingerprint density at radius 2 is 1.63 bits per heavy atom. The fourth-order valence-corrected chi connectivity index (χ4v) is 3.00. The molecule has 2 aromatic heterocycles. The minimum absolute atomic E-state index is 0.185. The maximum absolute atomic E-state index is 11.2. The number of nitrogens with one attached hydrogen (secondary N) is 2. The summed E-state index contributed by atoms with van der Waals surface area (Å²) in [4.78, 5) is 43.3. The van der Waals surface area contributed by atoms with Gasteiger partial charge in [-0.25, -0.2) is 0 Å². The van der Waals surface area contributed by atoms with E-state index in [2.05, 4.69) is 19.9 Å². The van der Waals surface area contributed by atoms with E-state index in [1.165, 1.54) is 23.5 Å². The number of rotatable bonds is 7. The minimum atomic E-state index is -0.963. The standard InChI is InChI=1S/C7H9N3O4S.C7H10N2O2S/c1-2-3-15-7-8-5(11)4(10(13)14)6(12)9-7;1-2-3-12-7-8-5(10)4-6(11)9-7/h2-3H2,1H3,(H2,8,9,11,12);4H,2-3H2,1H3,(H2,8,9,10,11). The number of hydrogen-bond donors (Lipinski definition) is 4. The Morgan fingerprint density at radius 1 is 1.07 bits per heavy atom. The van der Waals surface area contributed by atoms with Gasteiger partial charge in [-0.05, 0) is 12.8 Å². The lowest BCUT2D eigenvalue weighted by atomic mass is 10.5. The number of nitro groups is 1. The van der Waals surface area contributed by atoms with Crippen LogP contribution in [0.25, 0.3) is 0 Å². The van der Waals surface area contributed by atoms with Crippen LogP contribution < -0.4 is 11.1 Å². The molecule has 0 atom stereocenters. The number of aromatic hydroxyl groups is 2. The Balaban J connectivity index is 0.000000277. The van der Waals surface area contributed by atoms with Gasteiger partial charge in [0.05, 0.1) is 11.0 Å². The smallest absolute Gasteiger partial charge is 0.395 e. The summed E-state index contributed by atoms with van der Waals surface area (Å²) in [5.41, 5.74) is -2.18. The normalized spacial score (nSPS) is 10.1. The monoisotopic (exact) mass is 417 g/mol. The predicted molar refractivity (Wildman–Crippen MR) is 102 cm³/mol. The second kappa shape index (κ2) is 11.2. The van der Waals surface area contributed by atoms with Gasteiger partial charge in [0.1, 0.15) is 0 Å². The molecule has 0 radical (unpaired) electrons. The van der Waals surface area contributed by atoms with Gasteiger partial charge < -0.3 is 15.2 Å². The van der Waals surface area contributed by atoms with E-state index in [9.17, 15) is 19.7 Å². The second-order valence-corrected chi connectivity index (χ2v) is 7.07. The Labute approximate surface area is 161 Å². The Kier molecular flexibility index (Phi) is 9.36. The molecule has 11 nitrogen and oxygen atoms in total. The fourth-order valence-electron chi connectivity index (χ4n) is 1.56. The molecule has 2 heterocycles. The number of thioether (sulfide) groups is 2. The van der Waals surface area contributed by atoms with E-state index in [-0.39, 0.29) is 16.6 Å². The third-order valence-electron chi connectivity index (χ3n) is 2.63. The van der Waals surface area contributed by atoms with Crippen molar-refractivity contribution in [2.45, 2.75) is 37.0 Å². The summed E-state index contributed by atoms with van der Waals surface area (Å²) in [6.45, 7) is 3.98. The highest BCUT2D eigenvalue weighted by Gasteiger charge is 2.21. The van der Waals surface area contributed by atoms with Crippen molar-refractivity contribution in [2.75, 3.05) is 11.5 Å². The average molecular weight is 417 g/mol. The molecule has 148 valence electrons. The van der Waals surface area contributed by atoms with Crippen LogP contribution in [-0.2, 0) is 0 Å². The lowest BCUT2D eigenvalue weighted by Crippen LogP contribution is -2.13. The van der Waals surface area contributed by atoms with Crippen LogP contribution in [0.3, 0.4) is 0 Å². The molecule has 0 aliphatic carbocycles. The van der Waals surface area contributed by atoms with Crippen LogP contribution >= 0.6 is 23.5 Å². The van der Waals surface area contributed by atoms with Crippen molar-refractivity contribution in [3.05, 3.63) is 36.9 Å². The number of hydrogen-bond acceptors (Lipinski definition) is 10. The summed E-state index contributed by atoms with van der Waals surface area (Å²) in [5.74, 6) is 0.520. The van der Waals surface area contributed by atoms with E-state index in [0.717, 1.165) is 24.7 Å². The van der Waals surface area contributed by atoms with Gasteiger partial charge in [0.25, 0.3) is 11.4 Å². The van der Waals surface area contributed by atoms with E-state index in [0.29, 0.717) is 10.9 Å². The molecule has 0 bridgehead atoms.